The minimum Gasteiger partial charge on any atom is -0.489 e. The summed E-state index contributed by atoms with van der Waals surface area (Å²) in [6.45, 7) is 12.7. The lowest BCUT2D eigenvalue weighted by atomic mass is 10.2. The fourth-order valence-corrected chi connectivity index (χ4v) is 3.17. The normalized spacial score (nSPS) is 15.3. The lowest BCUT2D eigenvalue weighted by Gasteiger charge is -2.36. The first-order chi connectivity index (χ1) is 11.5. The zero-order valence-electron chi connectivity index (χ0n) is 16.8. The third-order valence-electron chi connectivity index (χ3n) is 5.11. The van der Waals surface area contributed by atoms with Crippen LogP contribution in [0.15, 0.2) is 10.9 Å². The van der Waals surface area contributed by atoms with E-state index in [0.29, 0.717) is 37.2 Å². The van der Waals surface area contributed by atoms with Gasteiger partial charge in [0.15, 0.2) is 19.9 Å². The molecule has 0 aliphatic heterocycles. The summed E-state index contributed by atoms with van der Waals surface area (Å²) in [7, 11) is 2.00. The zero-order chi connectivity index (χ0) is 18.8. The van der Waals surface area contributed by atoms with Crippen molar-refractivity contribution < 1.29 is 9.16 Å². The average Bonchev–Trinajstić information content (AvgIpc) is 3.29. The number of nitrogens with zero attached hydrogens (tertiary/aromatic N) is 3. The third-order valence-corrected chi connectivity index (χ3v) is 9.65. The summed E-state index contributed by atoms with van der Waals surface area (Å²) in [4.78, 5) is 14.3. The first-order valence-electron chi connectivity index (χ1n) is 9.07. The molecule has 6 nitrogen and oxygen atoms in total. The Morgan fingerprint density at radius 3 is 2.48 bits per heavy atom. The molecular formula is C18H33N3O3Si. The molecule has 0 amide bonds. The Morgan fingerprint density at radius 2 is 1.96 bits per heavy atom. The van der Waals surface area contributed by atoms with Gasteiger partial charge in [-0.1, -0.05) is 20.8 Å². The predicted molar refractivity (Wildman–Crippen MR) is 104 cm³/mol. The second-order valence-corrected chi connectivity index (χ2v) is 13.5. The molecule has 25 heavy (non-hydrogen) atoms. The fourth-order valence-electron chi connectivity index (χ4n) is 2.14. The highest BCUT2D eigenvalue weighted by Crippen LogP contribution is 2.36. The van der Waals surface area contributed by atoms with Crippen LogP contribution in [0.4, 0.5) is 5.82 Å². The van der Waals surface area contributed by atoms with Gasteiger partial charge >= 0.3 is 0 Å². The average molecular weight is 368 g/mol. The standard InChI is InChI=1S/C18H33N3O3Si/c1-18(2,3)25(6,7)24-11-10-21-16(22)12-15(17(19-21)20(4)5)23-13-14-8-9-14/h12,14H,8-11,13H2,1-7H3. The maximum Gasteiger partial charge on any atom is 0.270 e. The minimum absolute atomic E-state index is 0.143. The zero-order valence-corrected chi connectivity index (χ0v) is 17.8. The van der Waals surface area contributed by atoms with Crippen LogP contribution in [0.1, 0.15) is 33.6 Å². The molecule has 0 unspecified atom stereocenters. The Kier molecular flexibility index (Phi) is 5.99. The van der Waals surface area contributed by atoms with E-state index in [1.54, 1.807) is 6.07 Å². The van der Waals surface area contributed by atoms with Gasteiger partial charge in [-0.05, 0) is 36.9 Å². The van der Waals surface area contributed by atoms with Crippen molar-refractivity contribution in [2.45, 2.75) is 58.3 Å². The van der Waals surface area contributed by atoms with Crippen molar-refractivity contribution in [1.82, 2.24) is 9.78 Å². The summed E-state index contributed by atoms with van der Waals surface area (Å²) in [6, 6.07) is 1.55. The maximum absolute atomic E-state index is 12.4. The molecule has 1 aliphatic carbocycles. The van der Waals surface area contributed by atoms with Crippen LogP contribution in [-0.4, -0.2) is 45.4 Å². The number of aromatic nitrogens is 2. The van der Waals surface area contributed by atoms with E-state index in [4.69, 9.17) is 9.16 Å². The molecule has 142 valence electrons. The van der Waals surface area contributed by atoms with Crippen molar-refractivity contribution in [1.29, 1.82) is 0 Å². The van der Waals surface area contributed by atoms with Crippen LogP contribution in [0.3, 0.4) is 0 Å². The smallest absolute Gasteiger partial charge is 0.270 e. The van der Waals surface area contributed by atoms with E-state index in [1.807, 2.05) is 19.0 Å². The number of rotatable bonds is 8. The Labute approximate surface area is 152 Å². The fraction of sp³-hybridized carbons (Fsp3) is 0.778. The van der Waals surface area contributed by atoms with E-state index < -0.39 is 8.32 Å². The van der Waals surface area contributed by atoms with Crippen molar-refractivity contribution in [3.05, 3.63) is 16.4 Å². The molecule has 1 aromatic heterocycles. The van der Waals surface area contributed by atoms with Gasteiger partial charge in [-0.2, -0.15) is 0 Å². The van der Waals surface area contributed by atoms with Gasteiger partial charge in [0.1, 0.15) is 0 Å². The van der Waals surface area contributed by atoms with Gasteiger partial charge < -0.3 is 14.1 Å². The number of anilines is 1. The molecule has 0 atom stereocenters. The Bertz CT molecular complexity index is 646. The Hall–Kier alpha value is -1.34. The van der Waals surface area contributed by atoms with Gasteiger partial charge in [-0.3, -0.25) is 4.79 Å². The molecule has 1 fully saturated rings. The molecule has 1 aromatic rings. The van der Waals surface area contributed by atoms with E-state index in [-0.39, 0.29) is 10.6 Å². The minimum atomic E-state index is -1.82. The molecule has 0 saturated heterocycles. The number of hydrogen-bond donors (Lipinski definition) is 0. The molecule has 0 radical (unpaired) electrons. The SMILES string of the molecule is CN(C)c1nn(CCO[Si](C)(C)C(C)(C)C)c(=O)cc1OCC1CC1. The topological polar surface area (TPSA) is 56.6 Å². The van der Waals surface area contributed by atoms with Gasteiger partial charge in [0, 0.05) is 14.1 Å². The molecule has 7 heteroatoms. The van der Waals surface area contributed by atoms with Crippen LogP contribution in [0.5, 0.6) is 5.75 Å². The maximum atomic E-state index is 12.4. The quantitative estimate of drug-likeness (QED) is 0.661. The Balaban J connectivity index is 2.07. The predicted octanol–water partition coefficient (Wildman–Crippen LogP) is 3.12. The van der Waals surface area contributed by atoms with Crippen molar-refractivity contribution in [3.8, 4) is 5.75 Å². The lowest BCUT2D eigenvalue weighted by Crippen LogP contribution is -2.42. The van der Waals surface area contributed by atoms with E-state index >= 15 is 0 Å². The van der Waals surface area contributed by atoms with Crippen LogP contribution in [0.25, 0.3) is 0 Å². The monoisotopic (exact) mass is 367 g/mol. The molecular weight excluding hydrogens is 334 g/mol. The van der Waals surface area contributed by atoms with Gasteiger partial charge in [-0.25, -0.2) is 4.68 Å². The van der Waals surface area contributed by atoms with Crippen LogP contribution < -0.4 is 15.2 Å². The molecule has 1 heterocycles. The second kappa shape index (κ2) is 7.49. The number of hydrogen-bond acceptors (Lipinski definition) is 5. The van der Waals surface area contributed by atoms with Crippen LogP contribution in [0.2, 0.25) is 18.1 Å². The highest BCUT2D eigenvalue weighted by Gasteiger charge is 2.36. The van der Waals surface area contributed by atoms with Crippen LogP contribution in [-0.2, 0) is 11.0 Å². The van der Waals surface area contributed by atoms with Gasteiger partial charge in [-0.15, -0.1) is 5.10 Å². The van der Waals surface area contributed by atoms with E-state index in [0.717, 1.165) is 0 Å². The summed E-state index contributed by atoms with van der Waals surface area (Å²) in [6.07, 6.45) is 2.43. The molecule has 2 rings (SSSR count). The summed E-state index contributed by atoms with van der Waals surface area (Å²) >= 11 is 0. The van der Waals surface area contributed by atoms with E-state index in [2.05, 4.69) is 39.0 Å². The highest BCUT2D eigenvalue weighted by atomic mass is 28.4. The Morgan fingerprint density at radius 1 is 1.32 bits per heavy atom. The first-order valence-corrected chi connectivity index (χ1v) is 12.0. The third kappa shape index (κ3) is 5.31. The van der Waals surface area contributed by atoms with E-state index in [1.165, 1.54) is 17.5 Å². The van der Waals surface area contributed by atoms with Crippen molar-refractivity contribution in [2.75, 3.05) is 32.2 Å². The van der Waals surface area contributed by atoms with Gasteiger partial charge in [0.25, 0.3) is 5.56 Å². The first kappa shape index (κ1) is 20.0. The van der Waals surface area contributed by atoms with Gasteiger partial charge in [0.2, 0.25) is 0 Å². The molecule has 1 saturated carbocycles. The van der Waals surface area contributed by atoms with Crippen LogP contribution in [0, 0.1) is 5.92 Å². The molecule has 0 aromatic carbocycles. The van der Waals surface area contributed by atoms with E-state index in [9.17, 15) is 4.79 Å². The summed E-state index contributed by atoms with van der Waals surface area (Å²) in [5.74, 6) is 1.89. The highest BCUT2D eigenvalue weighted by molar-refractivity contribution is 6.74. The molecule has 0 bridgehead atoms. The largest absolute Gasteiger partial charge is 0.489 e. The van der Waals surface area contributed by atoms with Crippen molar-refractivity contribution >= 4 is 14.1 Å². The number of ether oxygens (including phenoxy) is 1. The van der Waals surface area contributed by atoms with Crippen molar-refractivity contribution in [2.24, 2.45) is 5.92 Å². The summed E-state index contributed by atoms with van der Waals surface area (Å²) < 4.78 is 13.5. The van der Waals surface area contributed by atoms with Gasteiger partial charge in [0.05, 0.1) is 25.8 Å². The summed E-state index contributed by atoms with van der Waals surface area (Å²) in [5, 5.41) is 4.65. The molecule has 1 aliphatic rings. The van der Waals surface area contributed by atoms with Crippen LogP contribution >= 0.6 is 0 Å². The van der Waals surface area contributed by atoms with Crippen molar-refractivity contribution in [3.63, 3.8) is 0 Å². The summed E-state index contributed by atoms with van der Waals surface area (Å²) in [5.41, 5.74) is -0.143. The second-order valence-electron chi connectivity index (χ2n) is 8.65. The molecule has 0 spiro atoms. The lowest BCUT2D eigenvalue weighted by molar-refractivity contribution is 0.261. The molecule has 0 N–H and O–H groups in total.